The van der Waals surface area contributed by atoms with Gasteiger partial charge in [0, 0.05) is 11.8 Å². The van der Waals surface area contributed by atoms with Gasteiger partial charge < -0.3 is 20.4 Å². The number of fused-ring (bicyclic) bond motifs is 2. The second-order valence-corrected chi connectivity index (χ2v) is 7.63. The van der Waals surface area contributed by atoms with Crippen molar-refractivity contribution in [2.24, 2.45) is 0 Å². The third kappa shape index (κ3) is 2.77. The monoisotopic (exact) mass is 396 g/mol. The highest BCUT2D eigenvalue weighted by Gasteiger charge is 2.36. The molecule has 0 aromatic heterocycles. The van der Waals surface area contributed by atoms with Crippen molar-refractivity contribution in [2.75, 3.05) is 0 Å². The fraction of sp³-hybridized carbons (Fsp3) is 0.0769. The van der Waals surface area contributed by atoms with Gasteiger partial charge in [0.05, 0.1) is 0 Å². The molecule has 0 aliphatic heterocycles. The molecule has 0 bridgehead atoms. The lowest BCUT2D eigenvalue weighted by Gasteiger charge is -2.35. The maximum atomic E-state index is 10.3. The maximum Gasteiger partial charge on any atom is 0.157 e. The Labute approximate surface area is 174 Å². The van der Waals surface area contributed by atoms with Crippen LogP contribution in [-0.4, -0.2) is 20.4 Å². The zero-order valence-corrected chi connectivity index (χ0v) is 16.0. The van der Waals surface area contributed by atoms with Crippen molar-refractivity contribution in [1.29, 1.82) is 0 Å². The molecule has 0 radical (unpaired) electrons. The van der Waals surface area contributed by atoms with E-state index in [1.54, 1.807) is 24.3 Å². The Balaban J connectivity index is 1.88. The lowest BCUT2D eigenvalue weighted by Crippen LogP contribution is -2.20. The summed E-state index contributed by atoms with van der Waals surface area (Å²) in [6, 6.07) is 26.0. The van der Waals surface area contributed by atoms with Crippen LogP contribution >= 0.6 is 0 Å². The number of hydrogen-bond acceptors (Lipinski definition) is 4. The molecule has 1 aliphatic carbocycles. The summed E-state index contributed by atoms with van der Waals surface area (Å²) in [5.41, 5.74) is 5.38. The molecule has 4 heteroatoms. The van der Waals surface area contributed by atoms with E-state index >= 15 is 0 Å². The Morgan fingerprint density at radius 1 is 0.400 bits per heavy atom. The van der Waals surface area contributed by atoms with Crippen LogP contribution in [0, 0.1) is 0 Å². The molecule has 148 valence electrons. The van der Waals surface area contributed by atoms with Crippen LogP contribution < -0.4 is 0 Å². The lowest BCUT2D eigenvalue weighted by atomic mass is 9.68. The summed E-state index contributed by atoms with van der Waals surface area (Å²) in [6.07, 6.45) is 0. The number of phenols is 4. The second-order valence-electron chi connectivity index (χ2n) is 7.63. The third-order valence-corrected chi connectivity index (χ3v) is 5.87. The summed E-state index contributed by atoms with van der Waals surface area (Å²) in [4.78, 5) is 0. The van der Waals surface area contributed by atoms with Crippen LogP contribution in [0.5, 0.6) is 23.0 Å². The zero-order valence-electron chi connectivity index (χ0n) is 16.0. The highest BCUT2D eigenvalue weighted by atomic mass is 16.3. The van der Waals surface area contributed by atoms with Gasteiger partial charge in [-0.25, -0.2) is 0 Å². The van der Waals surface area contributed by atoms with Crippen LogP contribution in [0.2, 0.25) is 0 Å². The first kappa shape index (κ1) is 18.1. The van der Waals surface area contributed by atoms with E-state index in [-0.39, 0.29) is 34.8 Å². The third-order valence-electron chi connectivity index (χ3n) is 5.87. The van der Waals surface area contributed by atoms with Gasteiger partial charge in [-0.1, -0.05) is 60.7 Å². The number of rotatable bonds is 2. The molecule has 5 rings (SSSR count). The van der Waals surface area contributed by atoms with Gasteiger partial charge in [-0.05, 0) is 57.6 Å². The molecular formula is C26H20O4. The van der Waals surface area contributed by atoms with Crippen molar-refractivity contribution >= 4 is 0 Å². The summed E-state index contributed by atoms with van der Waals surface area (Å²) >= 11 is 0. The van der Waals surface area contributed by atoms with Crippen LogP contribution in [0.4, 0.5) is 0 Å². The zero-order chi connectivity index (χ0) is 20.8. The molecule has 0 fully saturated rings. The van der Waals surface area contributed by atoms with Crippen LogP contribution in [-0.2, 0) is 0 Å². The average Bonchev–Trinajstić information content (AvgIpc) is 2.76. The standard InChI is InChI=1S/C26H20O4/c27-21-11-17-19(13-23(21)29)26(16-9-5-2-6-10-16)20-14-24(30)22(28)12-18(20)25(17)15-7-3-1-4-8-15/h1-14,25-30H. The van der Waals surface area contributed by atoms with Gasteiger partial charge in [-0.3, -0.25) is 0 Å². The molecule has 0 spiro atoms. The van der Waals surface area contributed by atoms with Crippen molar-refractivity contribution in [2.45, 2.75) is 11.8 Å². The molecule has 4 aromatic carbocycles. The maximum absolute atomic E-state index is 10.3. The van der Waals surface area contributed by atoms with Gasteiger partial charge in [-0.15, -0.1) is 0 Å². The number of benzene rings is 4. The summed E-state index contributed by atoms with van der Waals surface area (Å²) in [6.45, 7) is 0. The minimum atomic E-state index is -0.269. The Kier molecular flexibility index (Phi) is 4.14. The summed E-state index contributed by atoms with van der Waals surface area (Å²) in [7, 11) is 0. The molecule has 1 aliphatic rings. The predicted molar refractivity (Wildman–Crippen MR) is 114 cm³/mol. The van der Waals surface area contributed by atoms with Crippen LogP contribution in [0.3, 0.4) is 0 Å². The fourth-order valence-electron chi connectivity index (χ4n) is 4.56. The van der Waals surface area contributed by atoms with E-state index in [0.717, 1.165) is 33.4 Å². The van der Waals surface area contributed by atoms with Gasteiger partial charge >= 0.3 is 0 Å². The molecule has 4 aromatic rings. The van der Waals surface area contributed by atoms with Crippen LogP contribution in [0.15, 0.2) is 84.9 Å². The highest BCUT2D eigenvalue weighted by molar-refractivity contribution is 5.66. The molecule has 30 heavy (non-hydrogen) atoms. The smallest absolute Gasteiger partial charge is 0.157 e. The topological polar surface area (TPSA) is 80.9 Å². The molecule has 0 saturated carbocycles. The predicted octanol–water partition coefficient (Wildman–Crippen LogP) is 5.18. The SMILES string of the molecule is Oc1cc2c(cc1O)C(c1ccccc1)c1cc(O)c(O)cc1C2c1ccccc1. The lowest BCUT2D eigenvalue weighted by molar-refractivity contribution is 0.400. The van der Waals surface area contributed by atoms with E-state index in [1.807, 2.05) is 60.7 Å². The Morgan fingerprint density at radius 3 is 0.933 bits per heavy atom. The number of hydrogen-bond donors (Lipinski definition) is 4. The van der Waals surface area contributed by atoms with Crippen molar-refractivity contribution in [3.8, 4) is 23.0 Å². The molecular weight excluding hydrogens is 376 g/mol. The van der Waals surface area contributed by atoms with Crippen molar-refractivity contribution in [3.05, 3.63) is 118 Å². The number of phenolic OH excluding ortho intramolecular Hbond substituents is 4. The molecule has 0 amide bonds. The van der Waals surface area contributed by atoms with Crippen molar-refractivity contribution < 1.29 is 20.4 Å². The first-order valence-corrected chi connectivity index (χ1v) is 9.76. The second kappa shape index (κ2) is 6.85. The molecule has 0 atom stereocenters. The van der Waals surface area contributed by atoms with Crippen LogP contribution in [0.1, 0.15) is 45.2 Å². The quantitative estimate of drug-likeness (QED) is 0.310. The summed E-state index contributed by atoms with van der Waals surface area (Å²) in [5.74, 6) is -1.29. The van der Waals surface area contributed by atoms with E-state index in [2.05, 4.69) is 0 Å². The number of aromatic hydroxyl groups is 4. The van der Waals surface area contributed by atoms with Gasteiger partial charge in [0.1, 0.15) is 0 Å². The van der Waals surface area contributed by atoms with Gasteiger partial charge in [0.2, 0.25) is 0 Å². The van der Waals surface area contributed by atoms with E-state index in [0.29, 0.717) is 0 Å². The first-order valence-electron chi connectivity index (χ1n) is 9.76. The normalized spacial score (nSPS) is 17.2. The van der Waals surface area contributed by atoms with Crippen molar-refractivity contribution in [3.63, 3.8) is 0 Å². The Bertz CT molecular complexity index is 1080. The van der Waals surface area contributed by atoms with Gasteiger partial charge in [-0.2, -0.15) is 0 Å². The molecule has 0 saturated heterocycles. The minimum Gasteiger partial charge on any atom is -0.504 e. The molecule has 4 nitrogen and oxygen atoms in total. The van der Waals surface area contributed by atoms with Crippen molar-refractivity contribution in [1.82, 2.24) is 0 Å². The van der Waals surface area contributed by atoms with E-state index in [9.17, 15) is 20.4 Å². The van der Waals surface area contributed by atoms with Gasteiger partial charge in [0.25, 0.3) is 0 Å². The van der Waals surface area contributed by atoms with E-state index in [4.69, 9.17) is 0 Å². The first-order chi connectivity index (χ1) is 14.5. The van der Waals surface area contributed by atoms with E-state index in [1.165, 1.54) is 0 Å². The van der Waals surface area contributed by atoms with Crippen LogP contribution in [0.25, 0.3) is 0 Å². The minimum absolute atomic E-state index is 0.187. The molecule has 0 unspecified atom stereocenters. The highest BCUT2D eigenvalue weighted by Crippen LogP contribution is 2.52. The van der Waals surface area contributed by atoms with E-state index < -0.39 is 0 Å². The van der Waals surface area contributed by atoms with Gasteiger partial charge in [0.15, 0.2) is 23.0 Å². The average molecular weight is 396 g/mol. The Hall–Kier alpha value is -3.92. The summed E-state index contributed by atoms with van der Waals surface area (Å²) < 4.78 is 0. The molecule has 0 heterocycles. The summed E-state index contributed by atoms with van der Waals surface area (Å²) in [5, 5.41) is 41.2. The Morgan fingerprint density at radius 2 is 0.667 bits per heavy atom. The largest absolute Gasteiger partial charge is 0.504 e. The molecule has 4 N–H and O–H groups in total. The fourth-order valence-corrected chi connectivity index (χ4v) is 4.56.